The number of fused-ring (bicyclic) bond motifs is 1. The molecule has 0 aliphatic carbocycles. The smallest absolute Gasteiger partial charge is 0.207 e. The number of aliphatic imine (C=N–C) groups is 2. The van der Waals surface area contributed by atoms with Gasteiger partial charge in [-0.25, -0.2) is 0 Å². The largest absolute Gasteiger partial charge is 0.327 e. The van der Waals surface area contributed by atoms with Crippen LogP contribution in [0, 0.1) is 22.9 Å². The van der Waals surface area contributed by atoms with Crippen LogP contribution in [0.25, 0.3) is 11.4 Å². The normalized spacial score (nSPS) is 18.7. The zero-order chi connectivity index (χ0) is 19.7. The van der Waals surface area contributed by atoms with Crippen LogP contribution >= 0.6 is 0 Å². The zero-order valence-corrected chi connectivity index (χ0v) is 15.5. The Labute approximate surface area is 163 Å². The highest BCUT2D eigenvalue weighted by atomic mass is 15.3. The second-order valence-corrected chi connectivity index (χ2v) is 6.37. The SMILES string of the molecule is CN1C(=NC#N)C2=C(c3ccccc3)N(C)C(=NC#N)C2=C1c1ccccc1. The minimum atomic E-state index is 0.546. The Bertz CT molecular complexity index is 1050. The van der Waals surface area contributed by atoms with Gasteiger partial charge in [0.25, 0.3) is 0 Å². The monoisotopic (exact) mass is 364 g/mol. The van der Waals surface area contributed by atoms with Crippen molar-refractivity contribution in [3.05, 3.63) is 82.9 Å². The molecule has 2 aliphatic rings. The molecular weight excluding hydrogens is 348 g/mol. The first-order chi connectivity index (χ1) is 13.7. The van der Waals surface area contributed by atoms with Crippen LogP contribution in [0.1, 0.15) is 11.1 Å². The van der Waals surface area contributed by atoms with E-state index in [4.69, 9.17) is 0 Å². The Morgan fingerprint density at radius 1 is 0.643 bits per heavy atom. The average Bonchev–Trinajstić information content (AvgIpc) is 3.15. The van der Waals surface area contributed by atoms with Crippen molar-refractivity contribution in [3.8, 4) is 12.4 Å². The Morgan fingerprint density at radius 2 is 1.00 bits per heavy atom. The van der Waals surface area contributed by atoms with Crippen LogP contribution in [0.2, 0.25) is 0 Å². The predicted octanol–water partition coefficient (Wildman–Crippen LogP) is 3.46. The summed E-state index contributed by atoms with van der Waals surface area (Å²) >= 11 is 0. The maximum absolute atomic E-state index is 9.31. The van der Waals surface area contributed by atoms with Gasteiger partial charge in [-0.05, 0) is 11.1 Å². The molecule has 2 aromatic carbocycles. The number of nitrogens with zero attached hydrogens (tertiary/aromatic N) is 6. The highest BCUT2D eigenvalue weighted by molar-refractivity contribution is 6.33. The molecule has 0 radical (unpaired) electrons. The number of hydrogen-bond acceptors (Lipinski definition) is 4. The van der Waals surface area contributed by atoms with Gasteiger partial charge in [-0.15, -0.1) is 0 Å². The van der Waals surface area contributed by atoms with Crippen molar-refractivity contribution in [2.75, 3.05) is 14.1 Å². The van der Waals surface area contributed by atoms with Gasteiger partial charge in [0.1, 0.15) is 0 Å². The van der Waals surface area contributed by atoms with Gasteiger partial charge < -0.3 is 9.80 Å². The molecular formula is C22H16N6. The van der Waals surface area contributed by atoms with E-state index in [1.54, 1.807) is 0 Å². The molecule has 0 bridgehead atoms. The van der Waals surface area contributed by atoms with Crippen molar-refractivity contribution in [1.29, 1.82) is 10.5 Å². The van der Waals surface area contributed by atoms with E-state index in [1.165, 1.54) is 0 Å². The van der Waals surface area contributed by atoms with E-state index in [9.17, 15) is 10.5 Å². The van der Waals surface area contributed by atoms with E-state index in [0.717, 1.165) is 33.7 Å². The fourth-order valence-electron chi connectivity index (χ4n) is 3.78. The molecule has 0 spiro atoms. The fraction of sp³-hybridized carbons (Fsp3) is 0.0909. The molecule has 2 aromatic rings. The van der Waals surface area contributed by atoms with Gasteiger partial charge in [-0.1, -0.05) is 60.7 Å². The summed E-state index contributed by atoms with van der Waals surface area (Å²) in [5.74, 6) is 1.09. The Kier molecular flexibility index (Phi) is 4.23. The highest BCUT2D eigenvalue weighted by Gasteiger charge is 2.44. The molecule has 0 unspecified atom stereocenters. The number of benzene rings is 2. The maximum Gasteiger partial charge on any atom is 0.207 e. The van der Waals surface area contributed by atoms with Crippen LogP contribution in [-0.2, 0) is 0 Å². The maximum atomic E-state index is 9.31. The third-order valence-corrected chi connectivity index (χ3v) is 4.88. The van der Waals surface area contributed by atoms with Gasteiger partial charge in [0.15, 0.2) is 11.7 Å². The third kappa shape index (κ3) is 2.48. The van der Waals surface area contributed by atoms with E-state index < -0.39 is 0 Å². The van der Waals surface area contributed by atoms with Gasteiger partial charge in [0, 0.05) is 14.1 Å². The fourth-order valence-corrected chi connectivity index (χ4v) is 3.78. The molecule has 28 heavy (non-hydrogen) atoms. The molecule has 0 saturated carbocycles. The highest BCUT2D eigenvalue weighted by Crippen LogP contribution is 2.46. The Hall–Kier alpha value is -4.16. The van der Waals surface area contributed by atoms with Crippen molar-refractivity contribution in [2.45, 2.75) is 0 Å². The lowest BCUT2D eigenvalue weighted by Crippen LogP contribution is -2.25. The van der Waals surface area contributed by atoms with Crippen LogP contribution in [0.4, 0.5) is 0 Å². The molecule has 4 rings (SSSR count). The van der Waals surface area contributed by atoms with Crippen LogP contribution < -0.4 is 0 Å². The molecule has 0 amide bonds. The molecule has 0 saturated heterocycles. The molecule has 2 aliphatic heterocycles. The Balaban J connectivity index is 2.11. The van der Waals surface area contributed by atoms with Gasteiger partial charge in [0.05, 0.1) is 22.5 Å². The lowest BCUT2D eigenvalue weighted by Gasteiger charge is -2.22. The number of rotatable bonds is 2. The number of nitriles is 2. The third-order valence-electron chi connectivity index (χ3n) is 4.88. The van der Waals surface area contributed by atoms with Crippen LogP contribution in [0.15, 0.2) is 81.8 Å². The van der Waals surface area contributed by atoms with Crippen LogP contribution in [-0.4, -0.2) is 35.6 Å². The summed E-state index contributed by atoms with van der Waals surface area (Å²) in [5, 5.41) is 18.6. The molecule has 6 heteroatoms. The lowest BCUT2D eigenvalue weighted by molar-refractivity contribution is 0.711. The second-order valence-electron chi connectivity index (χ2n) is 6.37. The summed E-state index contributed by atoms with van der Waals surface area (Å²) in [6, 6.07) is 19.7. The van der Waals surface area contributed by atoms with E-state index >= 15 is 0 Å². The first kappa shape index (κ1) is 17.3. The topological polar surface area (TPSA) is 78.8 Å². The van der Waals surface area contributed by atoms with Gasteiger partial charge in [-0.3, -0.25) is 0 Å². The minimum Gasteiger partial charge on any atom is -0.327 e. The molecule has 2 heterocycles. The Morgan fingerprint density at radius 3 is 1.32 bits per heavy atom. The quantitative estimate of drug-likeness (QED) is 0.765. The number of amidine groups is 2. The first-order valence-corrected chi connectivity index (χ1v) is 8.70. The van der Waals surface area contributed by atoms with Gasteiger partial charge in [-0.2, -0.15) is 20.5 Å². The van der Waals surface area contributed by atoms with Gasteiger partial charge in [0.2, 0.25) is 12.4 Å². The van der Waals surface area contributed by atoms with E-state index in [-0.39, 0.29) is 0 Å². The number of hydrogen-bond donors (Lipinski definition) is 0. The van der Waals surface area contributed by atoms with Crippen molar-refractivity contribution in [3.63, 3.8) is 0 Å². The second kappa shape index (κ2) is 6.86. The molecule has 0 N–H and O–H groups in total. The summed E-state index contributed by atoms with van der Waals surface area (Å²) in [7, 11) is 3.76. The predicted molar refractivity (Wildman–Crippen MR) is 108 cm³/mol. The van der Waals surface area contributed by atoms with E-state index in [0.29, 0.717) is 11.7 Å². The number of likely N-dealkylation sites (N-methyl/N-ethyl adjacent to an activating group) is 2. The molecule has 0 aromatic heterocycles. The summed E-state index contributed by atoms with van der Waals surface area (Å²) in [4.78, 5) is 12.0. The van der Waals surface area contributed by atoms with Crippen LogP contribution in [0.5, 0.6) is 0 Å². The molecule has 0 atom stereocenters. The van der Waals surface area contributed by atoms with E-state index in [2.05, 4.69) is 9.98 Å². The molecule has 6 nitrogen and oxygen atoms in total. The summed E-state index contributed by atoms with van der Waals surface area (Å²) < 4.78 is 0. The minimum absolute atomic E-state index is 0.546. The summed E-state index contributed by atoms with van der Waals surface area (Å²) in [6.45, 7) is 0. The van der Waals surface area contributed by atoms with E-state index in [1.807, 2.05) is 96.9 Å². The van der Waals surface area contributed by atoms with Crippen molar-refractivity contribution < 1.29 is 0 Å². The van der Waals surface area contributed by atoms with Crippen molar-refractivity contribution in [1.82, 2.24) is 9.80 Å². The molecule has 0 fully saturated rings. The summed E-state index contributed by atoms with van der Waals surface area (Å²) in [5.41, 5.74) is 5.30. The van der Waals surface area contributed by atoms with Crippen LogP contribution in [0.3, 0.4) is 0 Å². The lowest BCUT2D eigenvalue weighted by atomic mass is 10.0. The van der Waals surface area contributed by atoms with Gasteiger partial charge >= 0.3 is 0 Å². The molecule has 134 valence electrons. The summed E-state index contributed by atoms with van der Waals surface area (Å²) in [6.07, 6.45) is 3.84. The standard InChI is InChI=1S/C22H16N6/c1-27-19(15-9-5-3-6-10-15)17-18(21(27)25-13-23)20(16-11-7-4-8-12-16)28(2)22(17)26-14-24/h3-12H,1-2H3. The van der Waals surface area contributed by atoms with Crippen molar-refractivity contribution >= 4 is 23.1 Å². The first-order valence-electron chi connectivity index (χ1n) is 8.70. The zero-order valence-electron chi connectivity index (χ0n) is 15.5. The van der Waals surface area contributed by atoms with Crippen molar-refractivity contribution in [2.24, 2.45) is 9.98 Å². The average molecular weight is 364 g/mol.